The van der Waals surface area contributed by atoms with Crippen molar-refractivity contribution < 1.29 is 32.2 Å². The van der Waals surface area contributed by atoms with E-state index < -0.39 is 17.8 Å². The summed E-state index contributed by atoms with van der Waals surface area (Å²) in [6.07, 6.45) is -0.924. The molecule has 1 atom stereocenters. The number of halogens is 3. The van der Waals surface area contributed by atoms with Crippen molar-refractivity contribution in [1.82, 2.24) is 14.8 Å². The molecule has 1 amide bonds. The Kier molecular flexibility index (Phi) is 6.73. The first-order valence-electron chi connectivity index (χ1n) is 12.0. The molecule has 0 aliphatic carbocycles. The number of benzene rings is 1. The van der Waals surface area contributed by atoms with Gasteiger partial charge in [-0.25, -0.2) is 4.98 Å². The summed E-state index contributed by atoms with van der Waals surface area (Å²) in [5, 5.41) is 0. The fourth-order valence-electron chi connectivity index (χ4n) is 4.94. The van der Waals surface area contributed by atoms with Crippen LogP contribution in [0.4, 0.5) is 13.2 Å². The van der Waals surface area contributed by atoms with Crippen molar-refractivity contribution in [3.63, 3.8) is 0 Å². The van der Waals surface area contributed by atoms with Crippen LogP contribution in [-0.4, -0.2) is 71.7 Å². The molecule has 3 aliphatic rings. The van der Waals surface area contributed by atoms with Gasteiger partial charge >= 0.3 is 6.18 Å². The highest BCUT2D eigenvalue weighted by molar-refractivity contribution is 5.82. The zero-order valence-corrected chi connectivity index (χ0v) is 19.2. The van der Waals surface area contributed by atoms with E-state index in [4.69, 9.17) is 14.2 Å². The molecule has 3 aliphatic heterocycles. The third-order valence-electron chi connectivity index (χ3n) is 6.90. The number of piperidine rings is 2. The van der Waals surface area contributed by atoms with E-state index in [1.165, 1.54) is 6.07 Å². The van der Waals surface area contributed by atoms with Crippen molar-refractivity contribution in [1.29, 1.82) is 0 Å². The average molecular weight is 492 g/mol. The Morgan fingerprint density at radius 1 is 0.971 bits per heavy atom. The minimum Gasteiger partial charge on any atom is -0.485 e. The third-order valence-corrected chi connectivity index (χ3v) is 6.90. The molecule has 10 heteroatoms. The van der Waals surface area contributed by atoms with E-state index >= 15 is 0 Å². The molecule has 2 fully saturated rings. The number of carbonyl (C=O) groups is 1. The number of rotatable bonds is 4. The van der Waals surface area contributed by atoms with Crippen molar-refractivity contribution in [2.45, 2.75) is 50.1 Å². The fraction of sp³-hybridized carbons (Fsp3) is 0.520. The van der Waals surface area contributed by atoms with Crippen LogP contribution < -0.4 is 14.2 Å². The second-order valence-corrected chi connectivity index (χ2v) is 9.16. The number of likely N-dealkylation sites (tertiary alicyclic amines) is 2. The molecule has 35 heavy (non-hydrogen) atoms. The third kappa shape index (κ3) is 5.47. The molecule has 0 bridgehead atoms. The van der Waals surface area contributed by atoms with Gasteiger partial charge in [0.2, 0.25) is 12.0 Å². The first-order valence-corrected chi connectivity index (χ1v) is 12.0. The van der Waals surface area contributed by atoms with Gasteiger partial charge in [-0.3, -0.25) is 9.69 Å². The summed E-state index contributed by atoms with van der Waals surface area (Å²) in [7, 11) is 0. The molecular weight excluding hydrogens is 463 g/mol. The molecule has 0 saturated carbocycles. The monoisotopic (exact) mass is 491 g/mol. The van der Waals surface area contributed by atoms with Crippen LogP contribution in [0.15, 0.2) is 42.6 Å². The summed E-state index contributed by atoms with van der Waals surface area (Å²) in [5.74, 6) is 1.45. The van der Waals surface area contributed by atoms with Crippen LogP contribution in [0.3, 0.4) is 0 Å². The number of nitrogens with zero attached hydrogens (tertiary/aromatic N) is 3. The van der Waals surface area contributed by atoms with Crippen molar-refractivity contribution in [3.05, 3.63) is 48.2 Å². The second-order valence-electron chi connectivity index (χ2n) is 9.16. The van der Waals surface area contributed by atoms with Crippen molar-refractivity contribution >= 4 is 5.91 Å². The second kappa shape index (κ2) is 9.93. The van der Waals surface area contributed by atoms with Gasteiger partial charge in [-0.05, 0) is 43.9 Å². The highest BCUT2D eigenvalue weighted by Crippen LogP contribution is 2.32. The van der Waals surface area contributed by atoms with Gasteiger partial charge in [-0.15, -0.1) is 0 Å². The first-order chi connectivity index (χ1) is 16.9. The van der Waals surface area contributed by atoms with E-state index in [9.17, 15) is 18.0 Å². The average Bonchev–Trinajstić information content (AvgIpc) is 2.88. The Balaban J connectivity index is 1.06. The molecular formula is C25H28F3N3O4. The van der Waals surface area contributed by atoms with Crippen molar-refractivity contribution in [2.24, 2.45) is 0 Å². The van der Waals surface area contributed by atoms with Gasteiger partial charge in [0.15, 0.2) is 11.5 Å². The summed E-state index contributed by atoms with van der Waals surface area (Å²) >= 11 is 0. The molecule has 0 radical (unpaired) electrons. The SMILES string of the molecule is O=C(C1COc2ccccc2O1)N1CCC(N2CCC(Oc3ccc(C(F)(F)F)cn3)CC2)CC1. The molecule has 2 aromatic rings. The van der Waals surface area contributed by atoms with Crippen molar-refractivity contribution in [3.8, 4) is 17.4 Å². The molecule has 0 N–H and O–H groups in total. The summed E-state index contributed by atoms with van der Waals surface area (Å²) < 4.78 is 55.5. The van der Waals surface area contributed by atoms with Gasteiger partial charge in [-0.2, -0.15) is 13.2 Å². The molecule has 2 saturated heterocycles. The number of pyridine rings is 1. The van der Waals surface area contributed by atoms with Crippen LogP contribution in [0.25, 0.3) is 0 Å². The Morgan fingerprint density at radius 2 is 1.69 bits per heavy atom. The summed E-state index contributed by atoms with van der Waals surface area (Å²) in [6, 6.07) is 10.0. The Bertz CT molecular complexity index is 1020. The van der Waals surface area contributed by atoms with E-state index in [1.54, 1.807) is 0 Å². The van der Waals surface area contributed by atoms with Crippen LogP contribution in [0.5, 0.6) is 17.4 Å². The summed E-state index contributed by atoms with van der Waals surface area (Å²) in [5.41, 5.74) is -0.781. The lowest BCUT2D eigenvalue weighted by Gasteiger charge is -2.42. The lowest BCUT2D eigenvalue weighted by atomic mass is 9.98. The molecule has 5 rings (SSSR count). The first kappa shape index (κ1) is 23.7. The van der Waals surface area contributed by atoms with Gasteiger partial charge in [0.25, 0.3) is 5.91 Å². The van der Waals surface area contributed by atoms with Gasteiger partial charge < -0.3 is 19.1 Å². The quantitative estimate of drug-likeness (QED) is 0.649. The van der Waals surface area contributed by atoms with E-state index in [0.29, 0.717) is 30.6 Å². The highest BCUT2D eigenvalue weighted by atomic mass is 19.4. The topological polar surface area (TPSA) is 64.1 Å². The van der Waals surface area contributed by atoms with Gasteiger partial charge in [-0.1, -0.05) is 12.1 Å². The smallest absolute Gasteiger partial charge is 0.417 e. The maximum Gasteiger partial charge on any atom is 0.417 e. The van der Waals surface area contributed by atoms with Gasteiger partial charge in [0, 0.05) is 44.5 Å². The van der Waals surface area contributed by atoms with E-state index in [-0.39, 0.29) is 24.5 Å². The summed E-state index contributed by atoms with van der Waals surface area (Å²) in [6.45, 7) is 3.27. The highest BCUT2D eigenvalue weighted by Gasteiger charge is 2.35. The van der Waals surface area contributed by atoms with Crippen LogP contribution in [0.1, 0.15) is 31.2 Å². The van der Waals surface area contributed by atoms with Crippen LogP contribution in [0, 0.1) is 0 Å². The zero-order valence-electron chi connectivity index (χ0n) is 19.2. The number of para-hydroxylation sites is 2. The number of hydrogen-bond donors (Lipinski definition) is 0. The van der Waals surface area contributed by atoms with E-state index in [0.717, 1.165) is 51.0 Å². The molecule has 7 nitrogen and oxygen atoms in total. The van der Waals surface area contributed by atoms with E-state index in [1.807, 2.05) is 29.2 Å². The van der Waals surface area contributed by atoms with Crippen LogP contribution in [-0.2, 0) is 11.0 Å². The standard InChI is InChI=1S/C25H28F3N3O4/c26-25(27,28)17-5-6-23(29-15-17)34-19-9-13-30(14-10-19)18-7-11-31(12-8-18)24(32)22-16-33-20-3-1-2-4-21(20)35-22/h1-6,15,18-19,22H,7-14,16H2. The minimum absolute atomic E-state index is 0.0332. The van der Waals surface area contributed by atoms with Gasteiger partial charge in [0.05, 0.1) is 5.56 Å². The number of aromatic nitrogens is 1. The number of carbonyl (C=O) groups excluding carboxylic acids is 1. The largest absolute Gasteiger partial charge is 0.485 e. The molecule has 0 spiro atoms. The molecule has 1 aromatic carbocycles. The van der Waals surface area contributed by atoms with Crippen molar-refractivity contribution in [2.75, 3.05) is 32.8 Å². The maximum absolute atomic E-state index is 13.0. The number of amides is 1. The maximum atomic E-state index is 13.0. The number of ether oxygens (including phenoxy) is 3. The summed E-state index contributed by atoms with van der Waals surface area (Å²) in [4.78, 5) is 21.1. The van der Waals surface area contributed by atoms with Crippen LogP contribution in [0.2, 0.25) is 0 Å². The normalized spacial score (nSPS) is 22.1. The Hall–Kier alpha value is -3.01. The Labute approximate surface area is 201 Å². The van der Waals surface area contributed by atoms with Gasteiger partial charge in [0.1, 0.15) is 12.7 Å². The lowest BCUT2D eigenvalue weighted by Crippen LogP contribution is -2.53. The predicted molar refractivity (Wildman–Crippen MR) is 120 cm³/mol. The number of hydrogen-bond acceptors (Lipinski definition) is 6. The van der Waals surface area contributed by atoms with Crippen LogP contribution >= 0.6 is 0 Å². The fourth-order valence-corrected chi connectivity index (χ4v) is 4.94. The number of fused-ring (bicyclic) bond motifs is 1. The molecule has 188 valence electrons. The molecule has 4 heterocycles. The van der Waals surface area contributed by atoms with E-state index in [2.05, 4.69) is 9.88 Å². The predicted octanol–water partition coefficient (Wildman–Crippen LogP) is 3.77. The minimum atomic E-state index is -4.40. The zero-order chi connectivity index (χ0) is 24.4. The number of alkyl halides is 3. The Morgan fingerprint density at radius 3 is 2.34 bits per heavy atom. The lowest BCUT2D eigenvalue weighted by molar-refractivity contribution is -0.143. The molecule has 1 unspecified atom stereocenters. The molecule has 1 aromatic heterocycles.